The van der Waals surface area contributed by atoms with Gasteiger partial charge in [-0.25, -0.2) is 0 Å². The quantitative estimate of drug-likeness (QED) is 0.769. The standard InChI is InChI=1S/C14H22BrNO3/c1-4-11(17)9-19-14-12(15)6-10(8-16-5-2)7-13(14)18-3/h6-7,11,16-17H,4-5,8-9H2,1-3H3. The molecule has 0 heterocycles. The van der Waals surface area contributed by atoms with Crippen molar-refractivity contribution in [3.05, 3.63) is 22.2 Å². The van der Waals surface area contributed by atoms with Crippen molar-refractivity contribution >= 4 is 15.9 Å². The predicted octanol–water partition coefficient (Wildman–Crippen LogP) is 2.72. The Bertz CT molecular complexity index is 399. The van der Waals surface area contributed by atoms with Crippen molar-refractivity contribution in [2.45, 2.75) is 32.9 Å². The SMILES string of the molecule is CCNCc1cc(Br)c(OCC(O)CC)c(OC)c1. The fraction of sp³-hybridized carbons (Fsp3) is 0.571. The van der Waals surface area contributed by atoms with Crippen LogP contribution in [0.1, 0.15) is 25.8 Å². The largest absolute Gasteiger partial charge is 0.493 e. The van der Waals surface area contributed by atoms with Gasteiger partial charge in [-0.15, -0.1) is 0 Å². The highest BCUT2D eigenvalue weighted by molar-refractivity contribution is 9.10. The molecule has 4 nitrogen and oxygen atoms in total. The topological polar surface area (TPSA) is 50.7 Å². The number of benzene rings is 1. The van der Waals surface area contributed by atoms with Crippen molar-refractivity contribution < 1.29 is 14.6 Å². The third-order valence-electron chi connectivity index (χ3n) is 2.76. The third kappa shape index (κ3) is 5.01. The molecule has 2 N–H and O–H groups in total. The van der Waals surface area contributed by atoms with Gasteiger partial charge in [0.05, 0.1) is 17.7 Å². The summed E-state index contributed by atoms with van der Waals surface area (Å²) < 4.78 is 11.8. The van der Waals surface area contributed by atoms with E-state index in [2.05, 4.69) is 28.2 Å². The molecule has 0 saturated heterocycles. The van der Waals surface area contributed by atoms with Crippen molar-refractivity contribution in [1.29, 1.82) is 0 Å². The van der Waals surface area contributed by atoms with Gasteiger partial charge >= 0.3 is 0 Å². The molecule has 5 heteroatoms. The van der Waals surface area contributed by atoms with Crippen LogP contribution in [0.25, 0.3) is 0 Å². The molecule has 19 heavy (non-hydrogen) atoms. The molecule has 0 aromatic heterocycles. The molecule has 0 saturated carbocycles. The predicted molar refractivity (Wildman–Crippen MR) is 79.9 cm³/mol. The molecule has 0 spiro atoms. The van der Waals surface area contributed by atoms with Crippen LogP contribution < -0.4 is 14.8 Å². The second-order valence-corrected chi connectivity index (χ2v) is 5.12. The third-order valence-corrected chi connectivity index (χ3v) is 3.35. The van der Waals surface area contributed by atoms with Crippen LogP contribution in [0.5, 0.6) is 11.5 Å². The minimum Gasteiger partial charge on any atom is -0.493 e. The number of hydrogen-bond donors (Lipinski definition) is 2. The monoisotopic (exact) mass is 331 g/mol. The van der Waals surface area contributed by atoms with Crippen LogP contribution in [-0.4, -0.2) is 31.5 Å². The first kappa shape index (κ1) is 16.3. The highest BCUT2D eigenvalue weighted by Crippen LogP contribution is 2.36. The van der Waals surface area contributed by atoms with E-state index in [9.17, 15) is 5.11 Å². The molecule has 0 fully saturated rings. The van der Waals surface area contributed by atoms with Crippen molar-refractivity contribution in [2.24, 2.45) is 0 Å². The van der Waals surface area contributed by atoms with Crippen LogP contribution >= 0.6 is 15.9 Å². The number of rotatable bonds is 8. The summed E-state index contributed by atoms with van der Waals surface area (Å²) in [6, 6.07) is 3.94. The van der Waals surface area contributed by atoms with Gasteiger partial charge in [0.15, 0.2) is 11.5 Å². The maximum atomic E-state index is 9.55. The van der Waals surface area contributed by atoms with Crippen LogP contribution in [-0.2, 0) is 6.54 Å². The van der Waals surface area contributed by atoms with E-state index >= 15 is 0 Å². The van der Waals surface area contributed by atoms with E-state index in [4.69, 9.17) is 9.47 Å². The smallest absolute Gasteiger partial charge is 0.175 e. The van der Waals surface area contributed by atoms with E-state index in [0.29, 0.717) is 17.9 Å². The molecule has 1 aromatic rings. The summed E-state index contributed by atoms with van der Waals surface area (Å²) in [7, 11) is 1.61. The number of methoxy groups -OCH3 is 1. The molecule has 0 bridgehead atoms. The van der Waals surface area contributed by atoms with Crippen molar-refractivity contribution in [3.63, 3.8) is 0 Å². The highest BCUT2D eigenvalue weighted by Gasteiger charge is 2.13. The minimum atomic E-state index is -0.460. The first-order valence-electron chi connectivity index (χ1n) is 6.50. The van der Waals surface area contributed by atoms with Crippen molar-refractivity contribution in [2.75, 3.05) is 20.3 Å². The zero-order valence-corrected chi connectivity index (χ0v) is 13.3. The Morgan fingerprint density at radius 1 is 1.37 bits per heavy atom. The first-order chi connectivity index (χ1) is 9.12. The Hall–Kier alpha value is -0.780. The maximum Gasteiger partial charge on any atom is 0.175 e. The van der Waals surface area contributed by atoms with Gasteiger partial charge < -0.3 is 19.9 Å². The number of aliphatic hydroxyl groups is 1. The average Bonchev–Trinajstić information content (AvgIpc) is 2.42. The number of hydrogen-bond acceptors (Lipinski definition) is 4. The van der Waals surface area contributed by atoms with Gasteiger partial charge in [-0.1, -0.05) is 13.8 Å². The Morgan fingerprint density at radius 3 is 2.68 bits per heavy atom. The van der Waals surface area contributed by atoms with Crippen molar-refractivity contribution in [1.82, 2.24) is 5.32 Å². The van der Waals surface area contributed by atoms with E-state index in [1.54, 1.807) is 7.11 Å². The molecule has 0 aliphatic rings. The molecule has 1 aromatic carbocycles. The van der Waals surface area contributed by atoms with Crippen LogP contribution in [0.4, 0.5) is 0 Å². The minimum absolute atomic E-state index is 0.262. The lowest BCUT2D eigenvalue weighted by atomic mass is 10.2. The first-order valence-corrected chi connectivity index (χ1v) is 7.29. The summed E-state index contributed by atoms with van der Waals surface area (Å²) >= 11 is 3.49. The summed E-state index contributed by atoms with van der Waals surface area (Å²) in [5.41, 5.74) is 1.12. The van der Waals surface area contributed by atoms with Gasteiger partial charge in [0.2, 0.25) is 0 Å². The molecule has 1 unspecified atom stereocenters. The van der Waals surface area contributed by atoms with E-state index in [0.717, 1.165) is 23.1 Å². The Labute approximate surface area is 123 Å². The van der Waals surface area contributed by atoms with Crippen molar-refractivity contribution in [3.8, 4) is 11.5 Å². The van der Waals surface area contributed by atoms with Gasteiger partial charge in [-0.3, -0.25) is 0 Å². The summed E-state index contributed by atoms with van der Waals surface area (Å²) in [5, 5.41) is 12.8. The Kier molecular flexibility index (Phi) is 7.20. The number of halogens is 1. The zero-order chi connectivity index (χ0) is 14.3. The van der Waals surface area contributed by atoms with E-state index in [1.807, 2.05) is 19.1 Å². The van der Waals surface area contributed by atoms with Gasteiger partial charge in [-0.05, 0) is 46.6 Å². The van der Waals surface area contributed by atoms with Crippen LogP contribution in [0, 0.1) is 0 Å². The fourth-order valence-corrected chi connectivity index (χ4v) is 2.19. The molecule has 0 amide bonds. The fourth-order valence-electron chi connectivity index (χ4n) is 1.58. The van der Waals surface area contributed by atoms with Gasteiger partial charge in [0, 0.05) is 6.54 Å². The van der Waals surface area contributed by atoms with Crippen LogP contribution in [0.15, 0.2) is 16.6 Å². The lowest BCUT2D eigenvalue weighted by molar-refractivity contribution is 0.102. The second-order valence-electron chi connectivity index (χ2n) is 4.26. The van der Waals surface area contributed by atoms with E-state index in [1.165, 1.54) is 0 Å². The van der Waals surface area contributed by atoms with Gasteiger partial charge in [0.1, 0.15) is 6.61 Å². The highest BCUT2D eigenvalue weighted by atomic mass is 79.9. The normalized spacial score (nSPS) is 12.3. The Balaban J connectivity index is 2.85. The summed E-state index contributed by atoms with van der Waals surface area (Å²) in [4.78, 5) is 0. The van der Waals surface area contributed by atoms with Crippen LogP contribution in [0.3, 0.4) is 0 Å². The summed E-state index contributed by atoms with van der Waals surface area (Å²) in [5.74, 6) is 1.31. The molecule has 0 radical (unpaired) electrons. The molecular weight excluding hydrogens is 310 g/mol. The molecule has 108 valence electrons. The second kappa shape index (κ2) is 8.40. The molecule has 1 atom stereocenters. The lowest BCUT2D eigenvalue weighted by Crippen LogP contribution is -2.17. The molecule has 1 rings (SSSR count). The van der Waals surface area contributed by atoms with Crippen LogP contribution in [0.2, 0.25) is 0 Å². The summed E-state index contributed by atoms with van der Waals surface area (Å²) in [6.07, 6.45) is 0.205. The number of ether oxygens (including phenoxy) is 2. The number of aliphatic hydroxyl groups excluding tert-OH is 1. The van der Waals surface area contributed by atoms with Gasteiger partial charge in [0.25, 0.3) is 0 Å². The zero-order valence-electron chi connectivity index (χ0n) is 11.7. The molecule has 0 aliphatic carbocycles. The average molecular weight is 332 g/mol. The maximum absolute atomic E-state index is 9.55. The number of nitrogens with one attached hydrogen (secondary N) is 1. The molecule has 0 aliphatic heterocycles. The summed E-state index contributed by atoms with van der Waals surface area (Å²) in [6.45, 7) is 5.94. The van der Waals surface area contributed by atoms with E-state index in [-0.39, 0.29) is 6.61 Å². The van der Waals surface area contributed by atoms with E-state index < -0.39 is 6.10 Å². The Morgan fingerprint density at radius 2 is 2.11 bits per heavy atom. The lowest BCUT2D eigenvalue weighted by Gasteiger charge is -2.16. The molecular formula is C14H22BrNO3. The van der Waals surface area contributed by atoms with Gasteiger partial charge in [-0.2, -0.15) is 0 Å².